The minimum Gasteiger partial charge on any atom is -0.497 e. The van der Waals surface area contributed by atoms with Crippen molar-refractivity contribution in [3.05, 3.63) is 53.6 Å². The summed E-state index contributed by atoms with van der Waals surface area (Å²) in [6.45, 7) is 0.254. The molecule has 0 saturated heterocycles. The van der Waals surface area contributed by atoms with Crippen molar-refractivity contribution in [1.29, 1.82) is 0 Å². The molecule has 6 nitrogen and oxygen atoms in total. The van der Waals surface area contributed by atoms with Gasteiger partial charge in [-0.15, -0.1) is 0 Å². The fourth-order valence-electron chi connectivity index (χ4n) is 2.90. The topological polar surface area (TPSA) is 75.3 Å². The van der Waals surface area contributed by atoms with Crippen LogP contribution in [-0.4, -0.2) is 26.2 Å². The summed E-state index contributed by atoms with van der Waals surface area (Å²) in [5, 5.41) is 0.520. The highest BCUT2D eigenvalue weighted by Gasteiger charge is 2.23. The summed E-state index contributed by atoms with van der Waals surface area (Å²) in [4.78, 5) is 4.51. The summed E-state index contributed by atoms with van der Waals surface area (Å²) in [7, 11) is 3.25. The molecule has 2 aliphatic rings. The van der Waals surface area contributed by atoms with E-state index in [2.05, 4.69) is 11.1 Å². The van der Waals surface area contributed by atoms with Crippen LogP contribution in [0.5, 0.6) is 23.0 Å². The number of benzene rings is 2. The molecule has 26 heavy (non-hydrogen) atoms. The number of nitrogens with zero attached hydrogens (tertiary/aromatic N) is 1. The highest BCUT2D eigenvalue weighted by Crippen LogP contribution is 2.43. The lowest BCUT2D eigenvalue weighted by Crippen LogP contribution is -2.13. The SMILES string of the molecule is COc1ccc(C2=CC(c3ccc4c(c3)OCO4)SC(N)=N2)c(OC)c1. The van der Waals surface area contributed by atoms with E-state index in [1.807, 2.05) is 36.4 Å². The maximum atomic E-state index is 6.10. The molecule has 1 atom stereocenters. The van der Waals surface area contributed by atoms with E-state index < -0.39 is 0 Å². The Labute approximate surface area is 155 Å². The van der Waals surface area contributed by atoms with Gasteiger partial charge in [0.05, 0.1) is 25.2 Å². The molecule has 2 aliphatic heterocycles. The van der Waals surface area contributed by atoms with Gasteiger partial charge in [-0.1, -0.05) is 17.8 Å². The Morgan fingerprint density at radius 1 is 1.08 bits per heavy atom. The molecule has 0 amide bonds. The molecule has 0 spiro atoms. The average molecular weight is 370 g/mol. The quantitative estimate of drug-likeness (QED) is 0.887. The van der Waals surface area contributed by atoms with Crippen LogP contribution in [0.2, 0.25) is 0 Å². The van der Waals surface area contributed by atoms with Crippen molar-refractivity contribution in [3.63, 3.8) is 0 Å². The Morgan fingerprint density at radius 3 is 2.73 bits per heavy atom. The minimum atomic E-state index is 0.0174. The van der Waals surface area contributed by atoms with Gasteiger partial charge in [-0.25, -0.2) is 4.99 Å². The number of fused-ring (bicyclic) bond motifs is 1. The second-order valence-electron chi connectivity index (χ2n) is 5.72. The molecule has 2 N–H and O–H groups in total. The minimum absolute atomic E-state index is 0.0174. The third-order valence-electron chi connectivity index (χ3n) is 4.20. The average Bonchev–Trinajstić information content (AvgIpc) is 3.14. The zero-order chi connectivity index (χ0) is 18.1. The molecular formula is C19H18N2O4S. The number of hydrogen-bond donors (Lipinski definition) is 1. The molecule has 2 aromatic rings. The molecule has 0 aromatic heterocycles. The van der Waals surface area contributed by atoms with Crippen molar-refractivity contribution in [1.82, 2.24) is 0 Å². The molecule has 0 saturated carbocycles. The van der Waals surface area contributed by atoms with Gasteiger partial charge >= 0.3 is 0 Å². The molecule has 2 heterocycles. The zero-order valence-electron chi connectivity index (χ0n) is 14.4. The van der Waals surface area contributed by atoms with E-state index in [0.29, 0.717) is 10.9 Å². The maximum absolute atomic E-state index is 6.10. The van der Waals surface area contributed by atoms with Gasteiger partial charge in [0.2, 0.25) is 6.79 Å². The normalized spacial score (nSPS) is 18.2. The van der Waals surface area contributed by atoms with Crippen LogP contribution in [0.25, 0.3) is 5.70 Å². The number of aliphatic imine (C=N–C) groups is 1. The largest absolute Gasteiger partial charge is 0.497 e. The van der Waals surface area contributed by atoms with Crippen LogP contribution in [0.4, 0.5) is 0 Å². The third kappa shape index (κ3) is 3.06. The third-order valence-corrected chi connectivity index (χ3v) is 5.19. The van der Waals surface area contributed by atoms with Gasteiger partial charge in [-0.05, 0) is 35.9 Å². The Morgan fingerprint density at radius 2 is 1.92 bits per heavy atom. The molecule has 134 valence electrons. The predicted octanol–water partition coefficient (Wildman–Crippen LogP) is 3.58. The summed E-state index contributed by atoms with van der Waals surface area (Å²) >= 11 is 1.49. The number of hydrogen-bond acceptors (Lipinski definition) is 7. The van der Waals surface area contributed by atoms with E-state index in [4.69, 9.17) is 24.7 Å². The Hall–Kier alpha value is -2.80. The van der Waals surface area contributed by atoms with Crippen LogP contribution in [0.1, 0.15) is 16.4 Å². The van der Waals surface area contributed by atoms with E-state index >= 15 is 0 Å². The van der Waals surface area contributed by atoms with Crippen molar-refractivity contribution in [2.24, 2.45) is 10.7 Å². The maximum Gasteiger partial charge on any atom is 0.231 e. The van der Waals surface area contributed by atoms with Gasteiger partial charge in [-0.2, -0.15) is 0 Å². The second-order valence-corrected chi connectivity index (χ2v) is 6.88. The summed E-state index contributed by atoms with van der Waals surface area (Å²) < 4.78 is 21.6. The van der Waals surface area contributed by atoms with E-state index in [-0.39, 0.29) is 12.0 Å². The van der Waals surface area contributed by atoms with Gasteiger partial charge < -0.3 is 24.7 Å². The van der Waals surface area contributed by atoms with Crippen LogP contribution < -0.4 is 24.7 Å². The molecule has 0 radical (unpaired) electrons. The molecule has 1 unspecified atom stereocenters. The van der Waals surface area contributed by atoms with Crippen molar-refractivity contribution in [3.8, 4) is 23.0 Å². The molecule has 7 heteroatoms. The number of amidine groups is 1. The van der Waals surface area contributed by atoms with Gasteiger partial charge in [0.1, 0.15) is 11.5 Å². The Balaban J connectivity index is 1.72. The smallest absolute Gasteiger partial charge is 0.231 e. The van der Waals surface area contributed by atoms with Gasteiger partial charge in [-0.3, -0.25) is 0 Å². The van der Waals surface area contributed by atoms with Crippen LogP contribution >= 0.6 is 11.8 Å². The zero-order valence-corrected chi connectivity index (χ0v) is 15.2. The van der Waals surface area contributed by atoms with Crippen LogP contribution in [0.15, 0.2) is 47.5 Å². The first-order valence-electron chi connectivity index (χ1n) is 8.02. The van der Waals surface area contributed by atoms with Crippen LogP contribution in [0.3, 0.4) is 0 Å². The van der Waals surface area contributed by atoms with E-state index in [0.717, 1.165) is 34.1 Å². The van der Waals surface area contributed by atoms with Crippen molar-refractivity contribution in [2.45, 2.75) is 5.25 Å². The fraction of sp³-hybridized carbons (Fsp3) is 0.211. The van der Waals surface area contributed by atoms with Crippen molar-refractivity contribution < 1.29 is 18.9 Å². The van der Waals surface area contributed by atoms with E-state index in [1.54, 1.807) is 14.2 Å². The number of nitrogens with two attached hydrogens (primary N) is 1. The molecule has 0 bridgehead atoms. The highest BCUT2D eigenvalue weighted by atomic mass is 32.2. The standard InChI is InChI=1S/C19H18N2O4S/c1-22-12-4-5-13(16(8-12)23-2)14-9-18(26-19(20)21-14)11-3-6-15-17(7-11)25-10-24-15/h3-9,18H,10H2,1-2H3,(H2,20,21). The van der Waals surface area contributed by atoms with Crippen molar-refractivity contribution >= 4 is 22.6 Å². The second kappa shape index (κ2) is 6.84. The molecule has 0 aliphatic carbocycles. The lowest BCUT2D eigenvalue weighted by atomic mass is 10.1. The molecular weight excluding hydrogens is 352 g/mol. The first-order chi connectivity index (χ1) is 12.7. The number of rotatable bonds is 4. The lowest BCUT2D eigenvalue weighted by Gasteiger charge is -2.20. The Kier molecular flexibility index (Phi) is 4.38. The lowest BCUT2D eigenvalue weighted by molar-refractivity contribution is 0.174. The van der Waals surface area contributed by atoms with Gasteiger partial charge in [0.25, 0.3) is 0 Å². The van der Waals surface area contributed by atoms with Crippen LogP contribution in [0, 0.1) is 0 Å². The summed E-state index contributed by atoms with van der Waals surface area (Å²) in [6.07, 6.45) is 2.07. The summed E-state index contributed by atoms with van der Waals surface area (Å²) in [6, 6.07) is 11.6. The number of methoxy groups -OCH3 is 2. The first kappa shape index (κ1) is 16.7. The Bertz CT molecular complexity index is 910. The fourth-order valence-corrected chi connectivity index (χ4v) is 3.80. The molecule has 4 rings (SSSR count). The van der Waals surface area contributed by atoms with Crippen LogP contribution in [-0.2, 0) is 0 Å². The van der Waals surface area contributed by atoms with Gasteiger partial charge in [0.15, 0.2) is 16.7 Å². The van der Waals surface area contributed by atoms with Gasteiger partial charge in [0, 0.05) is 11.6 Å². The van der Waals surface area contributed by atoms with E-state index in [9.17, 15) is 0 Å². The number of ether oxygens (including phenoxy) is 4. The predicted molar refractivity (Wildman–Crippen MR) is 102 cm³/mol. The summed E-state index contributed by atoms with van der Waals surface area (Å²) in [5.41, 5.74) is 8.80. The monoisotopic (exact) mass is 370 g/mol. The van der Waals surface area contributed by atoms with Crippen molar-refractivity contribution in [2.75, 3.05) is 21.0 Å². The first-order valence-corrected chi connectivity index (χ1v) is 8.90. The highest BCUT2D eigenvalue weighted by molar-refractivity contribution is 8.14. The molecule has 2 aromatic carbocycles. The van der Waals surface area contributed by atoms with E-state index in [1.165, 1.54) is 11.8 Å². The number of thioether (sulfide) groups is 1. The summed E-state index contributed by atoms with van der Waals surface area (Å²) in [5.74, 6) is 2.92. The molecule has 0 fully saturated rings.